The number of hydrogen-bond donors (Lipinski definition) is 0. The summed E-state index contributed by atoms with van der Waals surface area (Å²) < 4.78 is 17.6. The van der Waals surface area contributed by atoms with Gasteiger partial charge < -0.3 is 14.2 Å². The Hall–Kier alpha value is -2.99. The summed E-state index contributed by atoms with van der Waals surface area (Å²) in [5.74, 6) is 2.25. The van der Waals surface area contributed by atoms with E-state index in [0.717, 1.165) is 29.0 Å². The van der Waals surface area contributed by atoms with Gasteiger partial charge in [0, 0.05) is 12.0 Å². The summed E-state index contributed by atoms with van der Waals surface area (Å²) >= 11 is 1.71. The minimum Gasteiger partial charge on any atom is -0.493 e. The van der Waals surface area contributed by atoms with E-state index in [1.54, 1.807) is 25.6 Å². The first-order chi connectivity index (χ1) is 13.8. The van der Waals surface area contributed by atoms with Crippen molar-refractivity contribution in [3.05, 3.63) is 76.0 Å². The van der Waals surface area contributed by atoms with E-state index in [4.69, 9.17) is 19.3 Å². The molecule has 5 rings (SSSR count). The number of hydrazone groups is 1. The summed E-state index contributed by atoms with van der Waals surface area (Å²) in [5.41, 5.74) is 3.15. The third kappa shape index (κ3) is 2.64. The molecule has 0 aliphatic carbocycles. The van der Waals surface area contributed by atoms with Crippen molar-refractivity contribution >= 4 is 17.0 Å². The highest BCUT2D eigenvalue weighted by Gasteiger charge is 2.42. The Bertz CT molecular complexity index is 1030. The lowest BCUT2D eigenvalue weighted by Crippen LogP contribution is -2.34. The van der Waals surface area contributed by atoms with Crippen LogP contribution in [0.15, 0.2) is 65.1 Å². The first kappa shape index (κ1) is 17.1. The first-order valence-electron chi connectivity index (χ1n) is 9.16. The van der Waals surface area contributed by atoms with E-state index in [2.05, 4.69) is 34.7 Å². The zero-order valence-corrected chi connectivity index (χ0v) is 16.5. The second-order valence-corrected chi connectivity index (χ2v) is 7.66. The van der Waals surface area contributed by atoms with Crippen molar-refractivity contribution < 1.29 is 14.2 Å². The molecule has 142 valence electrons. The van der Waals surface area contributed by atoms with Crippen LogP contribution in [0, 0.1) is 0 Å². The Morgan fingerprint density at radius 2 is 1.86 bits per heavy atom. The molecule has 0 saturated heterocycles. The van der Waals surface area contributed by atoms with Crippen LogP contribution in [0.4, 0.5) is 0 Å². The molecule has 0 bridgehead atoms. The van der Waals surface area contributed by atoms with Gasteiger partial charge in [-0.25, -0.2) is 5.01 Å². The largest absolute Gasteiger partial charge is 0.493 e. The van der Waals surface area contributed by atoms with Gasteiger partial charge in [-0.2, -0.15) is 5.10 Å². The van der Waals surface area contributed by atoms with Gasteiger partial charge in [0.1, 0.15) is 5.75 Å². The molecule has 0 unspecified atom stereocenters. The van der Waals surface area contributed by atoms with Gasteiger partial charge in [-0.05, 0) is 29.6 Å². The van der Waals surface area contributed by atoms with Crippen molar-refractivity contribution in [2.45, 2.75) is 18.7 Å². The molecule has 3 aromatic rings. The van der Waals surface area contributed by atoms with Crippen LogP contribution in [0.3, 0.4) is 0 Å². The minimum absolute atomic E-state index is 0.128. The SMILES string of the molecule is COc1cccc([C@H]2Oc3ccccc3[C@H]3CC(c4cccs4)=NN32)c1OC. The van der Waals surface area contributed by atoms with E-state index in [-0.39, 0.29) is 12.3 Å². The highest BCUT2D eigenvalue weighted by atomic mass is 32.1. The third-order valence-corrected chi connectivity index (χ3v) is 6.12. The Balaban J connectivity index is 1.64. The number of nitrogens with zero attached hydrogens (tertiary/aromatic N) is 2. The second kappa shape index (κ2) is 6.87. The molecule has 1 aromatic heterocycles. The minimum atomic E-state index is -0.387. The average Bonchev–Trinajstić information content (AvgIpc) is 3.42. The second-order valence-electron chi connectivity index (χ2n) is 6.71. The fourth-order valence-corrected chi connectivity index (χ4v) is 4.66. The molecular formula is C22H20N2O3S. The molecule has 0 spiro atoms. The van der Waals surface area contributed by atoms with Crippen molar-refractivity contribution in [1.29, 1.82) is 0 Å². The predicted molar refractivity (Wildman–Crippen MR) is 109 cm³/mol. The van der Waals surface area contributed by atoms with Gasteiger partial charge in [0.25, 0.3) is 0 Å². The number of methoxy groups -OCH3 is 2. The molecule has 0 saturated carbocycles. The maximum atomic E-state index is 6.43. The summed E-state index contributed by atoms with van der Waals surface area (Å²) in [6, 6.07) is 18.4. The van der Waals surface area contributed by atoms with Crippen molar-refractivity contribution in [3.8, 4) is 17.2 Å². The molecular weight excluding hydrogens is 372 g/mol. The summed E-state index contributed by atoms with van der Waals surface area (Å²) in [7, 11) is 3.30. The third-order valence-electron chi connectivity index (χ3n) is 5.20. The molecule has 5 nitrogen and oxygen atoms in total. The van der Waals surface area contributed by atoms with Crippen molar-refractivity contribution in [2.24, 2.45) is 5.10 Å². The molecule has 0 amide bonds. The van der Waals surface area contributed by atoms with Crippen LogP contribution in [-0.2, 0) is 0 Å². The summed E-state index contributed by atoms with van der Waals surface area (Å²) in [4.78, 5) is 1.20. The maximum Gasteiger partial charge on any atom is 0.217 e. The number of para-hydroxylation sites is 2. The maximum absolute atomic E-state index is 6.43. The molecule has 2 aliphatic heterocycles. The van der Waals surface area contributed by atoms with E-state index < -0.39 is 0 Å². The van der Waals surface area contributed by atoms with Gasteiger partial charge in [-0.15, -0.1) is 11.3 Å². The zero-order valence-electron chi connectivity index (χ0n) is 15.7. The van der Waals surface area contributed by atoms with Crippen molar-refractivity contribution in [2.75, 3.05) is 14.2 Å². The van der Waals surface area contributed by atoms with Gasteiger partial charge in [-0.3, -0.25) is 0 Å². The first-order valence-corrected chi connectivity index (χ1v) is 10.0. The summed E-state index contributed by atoms with van der Waals surface area (Å²) in [6.07, 6.45) is 0.464. The normalized spacial score (nSPS) is 20.1. The molecule has 0 fully saturated rings. The van der Waals surface area contributed by atoms with Crippen LogP contribution in [-0.4, -0.2) is 24.9 Å². The number of fused-ring (bicyclic) bond motifs is 3. The fraction of sp³-hybridized carbons (Fsp3) is 0.227. The lowest BCUT2D eigenvalue weighted by molar-refractivity contribution is -0.0205. The predicted octanol–water partition coefficient (Wildman–Crippen LogP) is 5.01. The Kier molecular flexibility index (Phi) is 4.20. The van der Waals surface area contributed by atoms with Gasteiger partial charge in [-0.1, -0.05) is 30.3 Å². The average molecular weight is 392 g/mol. The highest BCUT2D eigenvalue weighted by molar-refractivity contribution is 7.12. The van der Waals surface area contributed by atoms with Gasteiger partial charge in [0.05, 0.1) is 36.4 Å². The number of hydrogen-bond acceptors (Lipinski definition) is 6. The van der Waals surface area contributed by atoms with E-state index in [1.165, 1.54) is 4.88 Å². The Labute approximate surface area is 167 Å². The quantitative estimate of drug-likeness (QED) is 0.626. The molecule has 3 heterocycles. The van der Waals surface area contributed by atoms with Crippen LogP contribution >= 0.6 is 11.3 Å². The van der Waals surface area contributed by atoms with E-state index >= 15 is 0 Å². The molecule has 2 aromatic carbocycles. The molecule has 0 N–H and O–H groups in total. The standard InChI is InChI=1S/C22H20N2O3S/c1-25-19-10-5-8-15(21(19)26-2)22-24-17(14-7-3-4-9-18(14)27-22)13-16(23-24)20-11-6-12-28-20/h3-12,17,22H,13H2,1-2H3/t17-,22-/m1/s1. The van der Waals surface area contributed by atoms with Crippen LogP contribution in [0.25, 0.3) is 0 Å². The smallest absolute Gasteiger partial charge is 0.217 e. The number of thiophene rings is 1. The van der Waals surface area contributed by atoms with Crippen LogP contribution < -0.4 is 14.2 Å². The van der Waals surface area contributed by atoms with Crippen LogP contribution in [0.5, 0.6) is 17.2 Å². The van der Waals surface area contributed by atoms with Gasteiger partial charge >= 0.3 is 0 Å². The lowest BCUT2D eigenvalue weighted by atomic mass is 9.97. The Morgan fingerprint density at radius 1 is 1.00 bits per heavy atom. The number of benzene rings is 2. The van der Waals surface area contributed by atoms with E-state index in [9.17, 15) is 0 Å². The number of rotatable bonds is 4. The summed E-state index contributed by atoms with van der Waals surface area (Å²) in [6.45, 7) is 0. The van der Waals surface area contributed by atoms with Crippen LogP contribution in [0.2, 0.25) is 0 Å². The van der Waals surface area contributed by atoms with Gasteiger partial charge in [0.15, 0.2) is 11.5 Å². The fourth-order valence-electron chi connectivity index (χ4n) is 3.94. The monoisotopic (exact) mass is 392 g/mol. The van der Waals surface area contributed by atoms with E-state index in [0.29, 0.717) is 11.5 Å². The topological polar surface area (TPSA) is 43.3 Å². The molecule has 6 heteroatoms. The number of ether oxygens (including phenoxy) is 3. The van der Waals surface area contributed by atoms with Crippen molar-refractivity contribution in [3.63, 3.8) is 0 Å². The molecule has 2 atom stereocenters. The molecule has 2 aliphatic rings. The highest BCUT2D eigenvalue weighted by Crippen LogP contribution is 2.50. The van der Waals surface area contributed by atoms with Gasteiger partial charge in [0.2, 0.25) is 6.23 Å². The van der Waals surface area contributed by atoms with Crippen LogP contribution in [0.1, 0.15) is 34.7 Å². The molecule has 0 radical (unpaired) electrons. The Morgan fingerprint density at radius 3 is 2.64 bits per heavy atom. The zero-order chi connectivity index (χ0) is 19.1. The van der Waals surface area contributed by atoms with E-state index in [1.807, 2.05) is 30.3 Å². The summed E-state index contributed by atoms with van der Waals surface area (Å²) in [5, 5.41) is 9.13. The lowest BCUT2D eigenvalue weighted by Gasteiger charge is -2.38. The van der Waals surface area contributed by atoms with Crippen molar-refractivity contribution in [1.82, 2.24) is 5.01 Å². The molecule has 28 heavy (non-hydrogen) atoms.